The molecule has 0 fully saturated rings. The summed E-state index contributed by atoms with van der Waals surface area (Å²) < 4.78 is 18.4. The molecule has 1 aromatic rings. The predicted octanol–water partition coefficient (Wildman–Crippen LogP) is 0.913. The number of amides is 1. The monoisotopic (exact) mass is 226 g/mol. The molecule has 0 radical (unpaired) electrons. The molecule has 0 aliphatic heterocycles. The Bertz CT molecular complexity index is 369. The standard InChI is InChI=1S/C11H15FN2O2/c1-16-9-5-2-4-8(12)10(9)11(15)14-7-3-6-13/h2,4-5H,3,6-7,13H2,1H3,(H,14,15). The first-order valence-electron chi connectivity index (χ1n) is 5.01. The first-order valence-corrected chi connectivity index (χ1v) is 5.01. The first kappa shape index (κ1) is 12.4. The molecule has 0 bridgehead atoms. The molecule has 0 spiro atoms. The highest BCUT2D eigenvalue weighted by atomic mass is 19.1. The highest BCUT2D eigenvalue weighted by Crippen LogP contribution is 2.20. The summed E-state index contributed by atoms with van der Waals surface area (Å²) in [7, 11) is 1.39. The number of carbonyl (C=O) groups is 1. The molecule has 0 aliphatic rings. The third kappa shape index (κ3) is 2.93. The van der Waals surface area contributed by atoms with Crippen molar-refractivity contribution < 1.29 is 13.9 Å². The van der Waals surface area contributed by atoms with E-state index in [9.17, 15) is 9.18 Å². The van der Waals surface area contributed by atoms with E-state index in [1.807, 2.05) is 0 Å². The molecule has 0 saturated heterocycles. The third-order valence-corrected chi connectivity index (χ3v) is 2.09. The lowest BCUT2D eigenvalue weighted by molar-refractivity contribution is 0.0946. The molecular formula is C11H15FN2O2. The van der Waals surface area contributed by atoms with Crippen molar-refractivity contribution in [1.82, 2.24) is 5.32 Å². The van der Waals surface area contributed by atoms with Gasteiger partial charge in [-0.1, -0.05) is 6.07 Å². The van der Waals surface area contributed by atoms with Gasteiger partial charge in [-0.15, -0.1) is 0 Å². The molecule has 5 heteroatoms. The maximum atomic E-state index is 13.4. The summed E-state index contributed by atoms with van der Waals surface area (Å²) in [5, 5.41) is 2.58. The molecule has 0 saturated carbocycles. The Balaban J connectivity index is 2.81. The summed E-state index contributed by atoms with van der Waals surface area (Å²) in [4.78, 5) is 11.6. The van der Waals surface area contributed by atoms with Gasteiger partial charge in [-0.2, -0.15) is 0 Å². The minimum absolute atomic E-state index is 0.0676. The van der Waals surface area contributed by atoms with Crippen molar-refractivity contribution in [3.63, 3.8) is 0 Å². The Kier molecular flexibility index (Phi) is 4.72. The van der Waals surface area contributed by atoms with Crippen LogP contribution in [-0.4, -0.2) is 26.1 Å². The van der Waals surface area contributed by atoms with Gasteiger partial charge >= 0.3 is 0 Å². The molecule has 1 aromatic carbocycles. The topological polar surface area (TPSA) is 64.3 Å². The van der Waals surface area contributed by atoms with E-state index in [0.717, 1.165) is 0 Å². The second-order valence-electron chi connectivity index (χ2n) is 3.22. The lowest BCUT2D eigenvalue weighted by Crippen LogP contribution is -2.27. The molecule has 1 rings (SSSR count). The normalized spacial score (nSPS) is 9.94. The van der Waals surface area contributed by atoms with Gasteiger partial charge in [0.15, 0.2) is 0 Å². The van der Waals surface area contributed by atoms with E-state index in [0.29, 0.717) is 19.5 Å². The Hall–Kier alpha value is -1.62. The zero-order valence-electron chi connectivity index (χ0n) is 9.13. The molecular weight excluding hydrogens is 211 g/mol. The van der Waals surface area contributed by atoms with Gasteiger partial charge in [-0.3, -0.25) is 4.79 Å². The van der Waals surface area contributed by atoms with E-state index in [4.69, 9.17) is 10.5 Å². The number of nitrogens with one attached hydrogen (secondary N) is 1. The molecule has 0 heterocycles. The smallest absolute Gasteiger partial charge is 0.258 e. The lowest BCUT2D eigenvalue weighted by Gasteiger charge is -2.09. The molecule has 4 nitrogen and oxygen atoms in total. The van der Waals surface area contributed by atoms with Gasteiger partial charge in [0, 0.05) is 6.54 Å². The van der Waals surface area contributed by atoms with E-state index in [2.05, 4.69) is 5.32 Å². The van der Waals surface area contributed by atoms with Crippen LogP contribution in [0.1, 0.15) is 16.8 Å². The van der Waals surface area contributed by atoms with Gasteiger partial charge in [0.1, 0.15) is 17.1 Å². The minimum Gasteiger partial charge on any atom is -0.496 e. The molecule has 3 N–H and O–H groups in total. The average molecular weight is 226 g/mol. The van der Waals surface area contributed by atoms with E-state index >= 15 is 0 Å². The minimum atomic E-state index is -0.593. The fourth-order valence-electron chi connectivity index (χ4n) is 1.29. The number of methoxy groups -OCH3 is 1. The lowest BCUT2D eigenvalue weighted by atomic mass is 10.1. The van der Waals surface area contributed by atoms with Crippen LogP contribution in [0.4, 0.5) is 4.39 Å². The predicted molar refractivity (Wildman–Crippen MR) is 59.0 cm³/mol. The summed E-state index contributed by atoms with van der Waals surface area (Å²) in [5.74, 6) is -0.849. The SMILES string of the molecule is COc1cccc(F)c1C(=O)NCCCN. The Morgan fingerprint density at radius 3 is 2.94 bits per heavy atom. The molecule has 0 aromatic heterocycles. The van der Waals surface area contributed by atoms with Gasteiger partial charge in [0.2, 0.25) is 0 Å². The third-order valence-electron chi connectivity index (χ3n) is 2.09. The maximum Gasteiger partial charge on any atom is 0.258 e. The number of nitrogens with two attached hydrogens (primary N) is 1. The summed E-state index contributed by atoms with van der Waals surface area (Å²) in [6.45, 7) is 0.904. The highest BCUT2D eigenvalue weighted by Gasteiger charge is 2.16. The summed E-state index contributed by atoms with van der Waals surface area (Å²) in [6.07, 6.45) is 0.655. The van der Waals surface area contributed by atoms with Crippen LogP contribution in [0.2, 0.25) is 0 Å². The van der Waals surface area contributed by atoms with Crippen LogP contribution in [0.15, 0.2) is 18.2 Å². The molecule has 0 aliphatic carbocycles. The van der Waals surface area contributed by atoms with Gasteiger partial charge in [0.05, 0.1) is 7.11 Å². The van der Waals surface area contributed by atoms with Gasteiger partial charge in [-0.25, -0.2) is 4.39 Å². The highest BCUT2D eigenvalue weighted by molar-refractivity contribution is 5.97. The summed E-state index contributed by atoms with van der Waals surface area (Å²) >= 11 is 0. The van der Waals surface area contributed by atoms with Crippen molar-refractivity contribution in [1.29, 1.82) is 0 Å². The van der Waals surface area contributed by atoms with Crippen molar-refractivity contribution in [2.24, 2.45) is 5.73 Å². The Morgan fingerprint density at radius 1 is 1.56 bits per heavy atom. The van der Waals surface area contributed by atoms with Crippen LogP contribution in [0.25, 0.3) is 0 Å². The van der Waals surface area contributed by atoms with Crippen molar-refractivity contribution in [3.8, 4) is 5.75 Å². The number of hydrogen-bond acceptors (Lipinski definition) is 3. The second-order valence-corrected chi connectivity index (χ2v) is 3.22. The van der Waals surface area contributed by atoms with E-state index in [1.165, 1.54) is 19.2 Å². The average Bonchev–Trinajstić information content (AvgIpc) is 2.28. The van der Waals surface area contributed by atoms with Crippen LogP contribution >= 0.6 is 0 Å². The molecule has 1 amide bonds. The van der Waals surface area contributed by atoms with E-state index in [1.54, 1.807) is 6.07 Å². The Morgan fingerprint density at radius 2 is 2.31 bits per heavy atom. The Labute approximate surface area is 93.6 Å². The zero-order valence-corrected chi connectivity index (χ0v) is 9.13. The number of carbonyl (C=O) groups excluding carboxylic acids is 1. The van der Waals surface area contributed by atoms with Crippen molar-refractivity contribution >= 4 is 5.91 Å². The van der Waals surface area contributed by atoms with Crippen molar-refractivity contribution in [2.75, 3.05) is 20.2 Å². The quantitative estimate of drug-likeness (QED) is 0.733. The van der Waals surface area contributed by atoms with Crippen LogP contribution in [0.3, 0.4) is 0 Å². The second kappa shape index (κ2) is 6.07. The van der Waals surface area contributed by atoms with Crippen LogP contribution in [0.5, 0.6) is 5.75 Å². The van der Waals surface area contributed by atoms with Crippen LogP contribution in [0, 0.1) is 5.82 Å². The first-order chi connectivity index (χ1) is 7.70. The summed E-state index contributed by atoms with van der Waals surface area (Å²) in [5.41, 5.74) is 5.22. The zero-order chi connectivity index (χ0) is 12.0. The van der Waals surface area contributed by atoms with Crippen LogP contribution in [-0.2, 0) is 0 Å². The maximum absolute atomic E-state index is 13.4. The van der Waals surface area contributed by atoms with E-state index in [-0.39, 0.29) is 11.3 Å². The number of rotatable bonds is 5. The number of ether oxygens (including phenoxy) is 1. The fourth-order valence-corrected chi connectivity index (χ4v) is 1.29. The molecule has 0 unspecified atom stereocenters. The van der Waals surface area contributed by atoms with Gasteiger partial charge in [0.25, 0.3) is 5.91 Å². The van der Waals surface area contributed by atoms with Crippen molar-refractivity contribution in [3.05, 3.63) is 29.6 Å². The number of benzene rings is 1. The number of hydrogen-bond donors (Lipinski definition) is 2. The van der Waals surface area contributed by atoms with Gasteiger partial charge < -0.3 is 15.8 Å². The van der Waals surface area contributed by atoms with Crippen LogP contribution < -0.4 is 15.8 Å². The summed E-state index contributed by atoms with van der Waals surface area (Å²) in [6, 6.07) is 4.26. The largest absolute Gasteiger partial charge is 0.496 e. The van der Waals surface area contributed by atoms with Crippen molar-refractivity contribution in [2.45, 2.75) is 6.42 Å². The van der Waals surface area contributed by atoms with E-state index < -0.39 is 11.7 Å². The number of halogens is 1. The molecule has 16 heavy (non-hydrogen) atoms. The molecule has 0 atom stereocenters. The fraction of sp³-hybridized carbons (Fsp3) is 0.364. The molecule has 88 valence electrons. The van der Waals surface area contributed by atoms with Gasteiger partial charge in [-0.05, 0) is 25.1 Å².